The second kappa shape index (κ2) is 7.33. The molecule has 2 rings (SSSR count). The van der Waals surface area contributed by atoms with Crippen LogP contribution in [0.5, 0.6) is 0 Å². The first kappa shape index (κ1) is 15.7. The van der Waals surface area contributed by atoms with Crippen molar-refractivity contribution in [3.63, 3.8) is 0 Å². The van der Waals surface area contributed by atoms with E-state index in [1.165, 1.54) is 0 Å². The van der Waals surface area contributed by atoms with Gasteiger partial charge in [-0.15, -0.1) is 0 Å². The molecule has 0 aromatic carbocycles. The van der Waals surface area contributed by atoms with Crippen LogP contribution in [0.4, 0.5) is 11.5 Å². The molecule has 1 aliphatic heterocycles. The summed E-state index contributed by atoms with van der Waals surface area (Å²) >= 11 is 0. The van der Waals surface area contributed by atoms with Gasteiger partial charge in [0.1, 0.15) is 0 Å². The van der Waals surface area contributed by atoms with Gasteiger partial charge in [-0.1, -0.05) is 0 Å². The highest BCUT2D eigenvalue weighted by Gasteiger charge is 2.26. The number of aryl methyl sites for hydroxylation is 1. The Morgan fingerprint density at radius 2 is 2.24 bits per heavy atom. The predicted molar refractivity (Wildman–Crippen MR) is 80.5 cm³/mol. The van der Waals surface area contributed by atoms with E-state index in [9.17, 15) is 10.1 Å². The number of nitro groups is 1. The van der Waals surface area contributed by atoms with E-state index in [2.05, 4.69) is 4.98 Å². The molecule has 7 heteroatoms. The fourth-order valence-electron chi connectivity index (χ4n) is 2.49. The molecule has 1 saturated heterocycles. The molecule has 1 aromatic heterocycles. The van der Waals surface area contributed by atoms with Crippen molar-refractivity contribution in [1.82, 2.24) is 4.98 Å². The third kappa shape index (κ3) is 4.12. The van der Waals surface area contributed by atoms with Crippen LogP contribution in [-0.4, -0.2) is 42.3 Å². The maximum absolute atomic E-state index is 11.2. The summed E-state index contributed by atoms with van der Waals surface area (Å²) in [6, 6.07) is 1.58. The second-order valence-corrected chi connectivity index (χ2v) is 5.31. The lowest BCUT2D eigenvalue weighted by molar-refractivity contribution is -0.384. The first-order valence-electron chi connectivity index (χ1n) is 7.29. The van der Waals surface area contributed by atoms with Gasteiger partial charge in [0.05, 0.1) is 11.0 Å². The van der Waals surface area contributed by atoms with E-state index in [1.807, 2.05) is 4.90 Å². The molecular weight excluding hydrogens is 272 g/mol. The van der Waals surface area contributed by atoms with Crippen LogP contribution in [0, 0.1) is 17.0 Å². The van der Waals surface area contributed by atoms with Gasteiger partial charge in [-0.25, -0.2) is 4.98 Å². The van der Waals surface area contributed by atoms with Gasteiger partial charge < -0.3 is 15.4 Å². The molecule has 116 valence electrons. The first-order valence-corrected chi connectivity index (χ1v) is 7.29. The fraction of sp³-hybridized carbons (Fsp3) is 0.643. The third-order valence-corrected chi connectivity index (χ3v) is 3.62. The number of nitrogens with zero attached hydrogens (tertiary/aromatic N) is 3. The minimum atomic E-state index is -0.362. The lowest BCUT2D eigenvalue weighted by Crippen LogP contribution is -2.38. The van der Waals surface area contributed by atoms with Gasteiger partial charge in [0.15, 0.2) is 0 Å². The van der Waals surface area contributed by atoms with Crippen LogP contribution in [0.1, 0.15) is 24.8 Å². The number of ether oxygens (including phenoxy) is 1. The Balaban J connectivity index is 1.97. The topological polar surface area (TPSA) is 94.5 Å². The van der Waals surface area contributed by atoms with Crippen molar-refractivity contribution in [3.05, 3.63) is 27.9 Å². The molecule has 1 aliphatic rings. The summed E-state index contributed by atoms with van der Waals surface area (Å²) in [5, 5.41) is 11.2. The van der Waals surface area contributed by atoms with E-state index in [4.69, 9.17) is 10.5 Å². The number of nitrogens with two attached hydrogens (primary N) is 1. The molecule has 1 aromatic rings. The van der Waals surface area contributed by atoms with Crippen molar-refractivity contribution in [2.24, 2.45) is 5.73 Å². The maximum atomic E-state index is 11.2. The van der Waals surface area contributed by atoms with Gasteiger partial charge in [0, 0.05) is 32.0 Å². The van der Waals surface area contributed by atoms with E-state index < -0.39 is 0 Å². The number of aromatic nitrogens is 1. The molecule has 2 N–H and O–H groups in total. The number of hydrogen-bond acceptors (Lipinski definition) is 6. The number of pyridine rings is 1. The summed E-state index contributed by atoms with van der Waals surface area (Å²) in [6.45, 7) is 4.58. The fourth-order valence-corrected chi connectivity index (χ4v) is 2.49. The molecule has 0 atom stereocenters. The molecule has 0 saturated carbocycles. The minimum Gasteiger partial charge on any atom is -0.378 e. The van der Waals surface area contributed by atoms with E-state index in [0.717, 1.165) is 37.9 Å². The Morgan fingerprint density at radius 1 is 1.52 bits per heavy atom. The number of hydrogen-bond donors (Lipinski definition) is 1. The Labute approximate surface area is 124 Å². The van der Waals surface area contributed by atoms with Gasteiger partial charge in [-0.05, 0) is 38.3 Å². The molecule has 1 fully saturated rings. The highest BCUT2D eigenvalue weighted by molar-refractivity contribution is 5.58. The molecule has 0 unspecified atom stereocenters. The van der Waals surface area contributed by atoms with Crippen molar-refractivity contribution in [1.29, 1.82) is 0 Å². The second-order valence-electron chi connectivity index (χ2n) is 5.31. The van der Waals surface area contributed by atoms with Crippen molar-refractivity contribution in [3.8, 4) is 0 Å². The molecule has 0 aliphatic carbocycles. The molecule has 7 nitrogen and oxygen atoms in total. The quantitative estimate of drug-likeness (QED) is 0.487. The minimum absolute atomic E-state index is 0.0810. The lowest BCUT2D eigenvalue weighted by atomic mass is 10.1. The Bertz CT molecular complexity index is 487. The van der Waals surface area contributed by atoms with Gasteiger partial charge >= 0.3 is 5.69 Å². The van der Waals surface area contributed by atoms with Gasteiger partial charge in [-0.3, -0.25) is 10.1 Å². The highest BCUT2D eigenvalue weighted by Crippen LogP contribution is 2.29. The Kier molecular flexibility index (Phi) is 5.46. The van der Waals surface area contributed by atoms with Crippen LogP contribution >= 0.6 is 0 Å². The standard InChI is InChI=1S/C14H22N4O3/c1-11-9-13(18(19)20)14(16-10-11)17-6-3-12(4-7-17)21-8-2-5-15/h9-10,12H,2-8,15H2,1H3. The molecular formula is C14H22N4O3. The summed E-state index contributed by atoms with van der Waals surface area (Å²) < 4.78 is 5.74. The maximum Gasteiger partial charge on any atom is 0.311 e. The van der Waals surface area contributed by atoms with Crippen LogP contribution in [0.2, 0.25) is 0 Å². The predicted octanol–water partition coefficient (Wildman–Crippen LogP) is 1.63. The lowest BCUT2D eigenvalue weighted by Gasteiger charge is -2.32. The molecule has 21 heavy (non-hydrogen) atoms. The number of anilines is 1. The average Bonchev–Trinajstić information content (AvgIpc) is 2.48. The Morgan fingerprint density at radius 3 is 2.86 bits per heavy atom. The number of rotatable bonds is 6. The first-order chi connectivity index (χ1) is 10.1. The summed E-state index contributed by atoms with van der Waals surface area (Å²) in [5.41, 5.74) is 6.32. The smallest absolute Gasteiger partial charge is 0.311 e. The van der Waals surface area contributed by atoms with Crippen LogP contribution in [0.25, 0.3) is 0 Å². The van der Waals surface area contributed by atoms with Crippen LogP contribution < -0.4 is 10.6 Å². The zero-order chi connectivity index (χ0) is 15.2. The van der Waals surface area contributed by atoms with E-state index in [1.54, 1.807) is 19.2 Å². The highest BCUT2D eigenvalue weighted by atomic mass is 16.6. The van der Waals surface area contributed by atoms with Gasteiger partial charge in [0.2, 0.25) is 5.82 Å². The van der Waals surface area contributed by atoms with Gasteiger partial charge in [-0.2, -0.15) is 0 Å². The van der Waals surface area contributed by atoms with E-state index >= 15 is 0 Å². The number of piperidine rings is 1. The average molecular weight is 294 g/mol. The summed E-state index contributed by atoms with van der Waals surface area (Å²) in [7, 11) is 0. The monoisotopic (exact) mass is 294 g/mol. The van der Waals surface area contributed by atoms with Gasteiger partial charge in [0.25, 0.3) is 0 Å². The van der Waals surface area contributed by atoms with Crippen LogP contribution in [0.3, 0.4) is 0 Å². The van der Waals surface area contributed by atoms with Crippen molar-refractivity contribution in [2.75, 3.05) is 31.1 Å². The molecule has 0 amide bonds. The normalized spacial score (nSPS) is 16.2. The van der Waals surface area contributed by atoms with Crippen molar-refractivity contribution >= 4 is 11.5 Å². The zero-order valence-corrected chi connectivity index (χ0v) is 12.3. The SMILES string of the molecule is Cc1cnc(N2CCC(OCCCN)CC2)c([N+](=O)[O-])c1. The van der Waals surface area contributed by atoms with Crippen molar-refractivity contribution < 1.29 is 9.66 Å². The van der Waals surface area contributed by atoms with Crippen molar-refractivity contribution in [2.45, 2.75) is 32.3 Å². The summed E-state index contributed by atoms with van der Waals surface area (Å²) in [5.74, 6) is 0.464. The zero-order valence-electron chi connectivity index (χ0n) is 12.3. The third-order valence-electron chi connectivity index (χ3n) is 3.62. The van der Waals surface area contributed by atoms with E-state index in [0.29, 0.717) is 19.0 Å². The van der Waals surface area contributed by atoms with Crippen LogP contribution in [-0.2, 0) is 4.74 Å². The molecule has 0 spiro atoms. The Hall–Kier alpha value is -1.73. The summed E-state index contributed by atoms with van der Waals surface area (Å²) in [4.78, 5) is 17.0. The molecule has 2 heterocycles. The summed E-state index contributed by atoms with van der Waals surface area (Å²) in [6.07, 6.45) is 4.48. The molecule has 0 radical (unpaired) electrons. The van der Waals surface area contributed by atoms with E-state index in [-0.39, 0.29) is 16.7 Å². The molecule has 0 bridgehead atoms. The van der Waals surface area contributed by atoms with Crippen LogP contribution in [0.15, 0.2) is 12.3 Å². The largest absolute Gasteiger partial charge is 0.378 e.